The number of oxime groups is 1. The Hall–Kier alpha value is -2.26. The second-order valence-electron chi connectivity index (χ2n) is 8.14. The molecule has 3 rings (SSSR count). The smallest absolute Gasteiger partial charge is 0.303 e. The maximum atomic E-state index is 11.7. The lowest BCUT2D eigenvalue weighted by atomic mass is 10.0. The van der Waals surface area contributed by atoms with Gasteiger partial charge in [0.15, 0.2) is 5.79 Å². The molecule has 0 spiro atoms. The highest BCUT2D eigenvalue weighted by Gasteiger charge is 2.48. The number of ether oxygens (including phenoxy) is 4. The molecule has 1 fully saturated rings. The fourth-order valence-electron chi connectivity index (χ4n) is 3.56. The van der Waals surface area contributed by atoms with Gasteiger partial charge in [0.1, 0.15) is 31.0 Å². The molecule has 178 valence electrons. The van der Waals surface area contributed by atoms with E-state index in [1.807, 2.05) is 74.5 Å². The molecule has 0 aliphatic carbocycles. The van der Waals surface area contributed by atoms with Crippen molar-refractivity contribution in [3.63, 3.8) is 0 Å². The number of nitrogens with zero attached hydrogens (tertiary/aromatic N) is 1. The van der Waals surface area contributed by atoms with Crippen LogP contribution < -0.4 is 0 Å². The Morgan fingerprint density at radius 1 is 1.06 bits per heavy atom. The zero-order chi connectivity index (χ0) is 23.7. The van der Waals surface area contributed by atoms with Crippen LogP contribution in [0, 0.1) is 0 Å². The molecule has 0 radical (unpaired) electrons. The molecule has 0 N–H and O–H groups in total. The van der Waals surface area contributed by atoms with Crippen molar-refractivity contribution >= 4 is 28.1 Å². The van der Waals surface area contributed by atoms with Crippen LogP contribution >= 0.6 is 15.9 Å². The molecule has 33 heavy (non-hydrogen) atoms. The van der Waals surface area contributed by atoms with E-state index in [0.717, 1.165) is 11.1 Å². The van der Waals surface area contributed by atoms with Gasteiger partial charge < -0.3 is 23.8 Å². The van der Waals surface area contributed by atoms with Crippen LogP contribution in [0.4, 0.5) is 0 Å². The Labute approximate surface area is 203 Å². The molecule has 0 aromatic heterocycles. The molecule has 0 unspecified atom stereocenters. The number of hydrogen-bond donors (Lipinski definition) is 0. The van der Waals surface area contributed by atoms with Gasteiger partial charge in [-0.15, -0.1) is 0 Å². The number of benzene rings is 2. The first kappa shape index (κ1) is 25.4. The van der Waals surface area contributed by atoms with Gasteiger partial charge in [-0.3, -0.25) is 4.79 Å². The van der Waals surface area contributed by atoms with Gasteiger partial charge in [-0.1, -0.05) is 81.7 Å². The lowest BCUT2D eigenvalue weighted by Gasteiger charge is -2.31. The Bertz CT molecular complexity index is 892. The molecule has 0 saturated carbocycles. The summed E-state index contributed by atoms with van der Waals surface area (Å²) in [6.07, 6.45) is -0.765. The molecule has 2 aromatic carbocycles. The van der Waals surface area contributed by atoms with E-state index in [1.165, 1.54) is 6.92 Å². The lowest BCUT2D eigenvalue weighted by molar-refractivity contribution is -0.180. The monoisotopic (exact) mass is 519 g/mol. The molecule has 2 aromatic rings. The lowest BCUT2D eigenvalue weighted by Crippen LogP contribution is -2.48. The third-order valence-electron chi connectivity index (χ3n) is 4.96. The minimum atomic E-state index is -0.873. The standard InChI is InChI=1S/C25H30BrNO6/c1-18(28)31-21(14-26)23(29-16-19-10-6-4-7-11-19)24-22(32-25(2,3)33-24)15-27-30-17-20-12-8-5-9-13-20/h4-13,15,21-24H,14,16-17H2,1-3H3/t21-,22+,23-,24-/m1/s1. The summed E-state index contributed by atoms with van der Waals surface area (Å²) in [6.45, 7) is 5.68. The number of halogens is 1. The van der Waals surface area contributed by atoms with Gasteiger partial charge in [-0.05, 0) is 25.0 Å². The molecule has 8 heteroatoms. The van der Waals surface area contributed by atoms with Gasteiger partial charge >= 0.3 is 5.97 Å². The molecule has 1 aliphatic heterocycles. The molecular weight excluding hydrogens is 490 g/mol. The summed E-state index contributed by atoms with van der Waals surface area (Å²) in [7, 11) is 0. The van der Waals surface area contributed by atoms with Crippen molar-refractivity contribution in [1.29, 1.82) is 0 Å². The molecule has 0 bridgehead atoms. The van der Waals surface area contributed by atoms with E-state index in [9.17, 15) is 4.79 Å². The predicted octanol–water partition coefficient (Wildman–Crippen LogP) is 4.62. The summed E-state index contributed by atoms with van der Waals surface area (Å²) in [5, 5.41) is 4.48. The summed E-state index contributed by atoms with van der Waals surface area (Å²) in [5.41, 5.74) is 2.00. The zero-order valence-corrected chi connectivity index (χ0v) is 20.6. The quantitative estimate of drug-likeness (QED) is 0.186. The van der Waals surface area contributed by atoms with Crippen LogP contribution in [0.5, 0.6) is 0 Å². The fourth-order valence-corrected chi connectivity index (χ4v) is 4.06. The van der Waals surface area contributed by atoms with Crippen molar-refractivity contribution in [2.45, 2.75) is 64.2 Å². The molecule has 1 aliphatic rings. The van der Waals surface area contributed by atoms with Crippen LogP contribution in [-0.2, 0) is 41.8 Å². The van der Waals surface area contributed by atoms with Gasteiger partial charge in [0.05, 0.1) is 12.8 Å². The first-order valence-corrected chi connectivity index (χ1v) is 11.9. The topological polar surface area (TPSA) is 75.6 Å². The normalized spacial score (nSPS) is 21.6. The first-order valence-electron chi connectivity index (χ1n) is 10.8. The SMILES string of the molecule is CC(=O)O[C@H](CBr)[C@@H](OCc1ccccc1)[C@@H]1OC(C)(C)O[C@H]1C=NOCc1ccccc1. The molecule has 1 saturated heterocycles. The zero-order valence-electron chi connectivity index (χ0n) is 19.1. The number of carbonyl (C=O) groups is 1. The number of esters is 1. The van der Waals surface area contributed by atoms with Gasteiger partial charge in [0.25, 0.3) is 0 Å². The van der Waals surface area contributed by atoms with Crippen molar-refractivity contribution in [3.8, 4) is 0 Å². The number of hydrogen-bond acceptors (Lipinski definition) is 7. The van der Waals surface area contributed by atoms with Gasteiger partial charge in [0.2, 0.25) is 0 Å². The van der Waals surface area contributed by atoms with E-state index >= 15 is 0 Å². The second-order valence-corrected chi connectivity index (χ2v) is 8.79. The minimum absolute atomic E-state index is 0.324. The molecule has 1 heterocycles. The second kappa shape index (κ2) is 12.3. The maximum absolute atomic E-state index is 11.7. The fraction of sp³-hybridized carbons (Fsp3) is 0.440. The number of alkyl halides is 1. The Morgan fingerprint density at radius 3 is 2.24 bits per heavy atom. The number of rotatable bonds is 11. The summed E-state index contributed by atoms with van der Waals surface area (Å²) < 4.78 is 24.0. The van der Waals surface area contributed by atoms with Crippen molar-refractivity contribution < 1.29 is 28.6 Å². The average molecular weight is 520 g/mol. The van der Waals surface area contributed by atoms with Crippen LogP contribution in [0.1, 0.15) is 31.9 Å². The Kier molecular flexibility index (Phi) is 9.43. The van der Waals surface area contributed by atoms with E-state index in [1.54, 1.807) is 6.21 Å². The largest absolute Gasteiger partial charge is 0.459 e. The van der Waals surface area contributed by atoms with Crippen LogP contribution in [-0.4, -0.2) is 47.7 Å². The predicted molar refractivity (Wildman–Crippen MR) is 128 cm³/mol. The molecule has 0 amide bonds. The molecule has 4 atom stereocenters. The van der Waals surface area contributed by atoms with Crippen molar-refractivity contribution in [3.05, 3.63) is 71.8 Å². The highest BCUT2D eigenvalue weighted by atomic mass is 79.9. The third-order valence-corrected chi connectivity index (χ3v) is 5.60. The summed E-state index contributed by atoms with van der Waals surface area (Å²) in [5.74, 6) is -1.27. The van der Waals surface area contributed by atoms with Crippen LogP contribution in [0.3, 0.4) is 0 Å². The van der Waals surface area contributed by atoms with E-state index in [2.05, 4.69) is 21.1 Å². The highest BCUT2D eigenvalue weighted by Crippen LogP contribution is 2.33. The van der Waals surface area contributed by atoms with Crippen molar-refractivity contribution in [2.24, 2.45) is 5.16 Å². The maximum Gasteiger partial charge on any atom is 0.303 e. The van der Waals surface area contributed by atoms with E-state index < -0.39 is 36.2 Å². The Morgan fingerprint density at radius 2 is 1.67 bits per heavy atom. The van der Waals surface area contributed by atoms with E-state index in [4.69, 9.17) is 23.8 Å². The first-order chi connectivity index (χ1) is 15.9. The van der Waals surface area contributed by atoms with Gasteiger partial charge in [-0.25, -0.2) is 0 Å². The summed E-state index contributed by atoms with van der Waals surface area (Å²) >= 11 is 3.44. The van der Waals surface area contributed by atoms with Crippen molar-refractivity contribution in [1.82, 2.24) is 0 Å². The van der Waals surface area contributed by atoms with Crippen LogP contribution in [0.25, 0.3) is 0 Å². The van der Waals surface area contributed by atoms with Crippen LogP contribution in [0.15, 0.2) is 65.8 Å². The van der Waals surface area contributed by atoms with Gasteiger partial charge in [0, 0.05) is 12.3 Å². The Balaban J connectivity index is 1.75. The minimum Gasteiger partial charge on any atom is -0.459 e. The highest BCUT2D eigenvalue weighted by molar-refractivity contribution is 9.09. The molecule has 7 nitrogen and oxygen atoms in total. The van der Waals surface area contributed by atoms with Crippen molar-refractivity contribution in [2.75, 3.05) is 5.33 Å². The third kappa shape index (κ3) is 7.92. The van der Waals surface area contributed by atoms with Crippen LogP contribution in [0.2, 0.25) is 0 Å². The molecular formula is C25H30BrNO6. The van der Waals surface area contributed by atoms with E-state index in [0.29, 0.717) is 18.5 Å². The summed E-state index contributed by atoms with van der Waals surface area (Å²) in [4.78, 5) is 17.2. The van der Waals surface area contributed by atoms with Gasteiger partial charge in [-0.2, -0.15) is 0 Å². The number of carbonyl (C=O) groups excluding carboxylic acids is 1. The summed E-state index contributed by atoms with van der Waals surface area (Å²) in [6, 6.07) is 19.5. The van der Waals surface area contributed by atoms with E-state index in [-0.39, 0.29) is 0 Å². The average Bonchev–Trinajstić information content (AvgIpc) is 3.11.